The Morgan fingerprint density at radius 2 is 1.77 bits per heavy atom. The number of nitrogens with one attached hydrogen (secondary N) is 1. The molecular weight excluding hydrogens is 506 g/mol. The molecule has 2 aromatic carbocycles. The Bertz CT molecular complexity index is 1180. The zero-order chi connectivity index (χ0) is 25.4. The third kappa shape index (κ3) is 7.72. The lowest BCUT2D eigenvalue weighted by molar-refractivity contribution is -0.127. The Labute approximate surface area is 215 Å². The predicted molar refractivity (Wildman–Crippen MR) is 137 cm³/mol. The van der Waals surface area contributed by atoms with Gasteiger partial charge in [-0.25, -0.2) is 8.42 Å². The number of primary amides is 1. The van der Waals surface area contributed by atoms with Crippen LogP contribution >= 0.6 is 23.4 Å². The summed E-state index contributed by atoms with van der Waals surface area (Å²) in [6.07, 6.45) is 3.44. The molecule has 3 rings (SSSR count). The van der Waals surface area contributed by atoms with Gasteiger partial charge in [-0.05, 0) is 67.1 Å². The van der Waals surface area contributed by atoms with Crippen molar-refractivity contribution in [2.45, 2.75) is 47.1 Å². The standard InChI is InChI=1S/C25H28ClN3O4S2/c26-19-7-5-17(6-8-19)15-23(24(28)30)34-20-9-11-21(12-10-20)35(32,33)16-18-3-1-2-4-22(18)25(31)29-14-13-27/h5-12,18,22-23H,1-4,14-16H2,(H2,28,30)(H,29,31)/t18-,22+,23?/m1/s1. The quantitative estimate of drug-likeness (QED) is 0.353. The number of carbonyl (C=O) groups is 2. The van der Waals surface area contributed by atoms with Crippen LogP contribution in [0.4, 0.5) is 0 Å². The highest BCUT2D eigenvalue weighted by molar-refractivity contribution is 8.00. The van der Waals surface area contributed by atoms with E-state index in [0.29, 0.717) is 24.3 Å². The normalized spacial score (nSPS) is 18.9. The molecule has 1 fully saturated rings. The van der Waals surface area contributed by atoms with E-state index in [1.807, 2.05) is 18.2 Å². The highest BCUT2D eigenvalue weighted by Gasteiger charge is 2.34. The van der Waals surface area contributed by atoms with Gasteiger partial charge in [-0.15, -0.1) is 11.8 Å². The number of nitrogens with two attached hydrogens (primary N) is 1. The van der Waals surface area contributed by atoms with Gasteiger partial charge < -0.3 is 11.1 Å². The van der Waals surface area contributed by atoms with Crippen LogP contribution in [0.5, 0.6) is 0 Å². The first-order valence-electron chi connectivity index (χ1n) is 11.4. The fourth-order valence-electron chi connectivity index (χ4n) is 4.31. The Morgan fingerprint density at radius 1 is 1.11 bits per heavy atom. The molecule has 0 radical (unpaired) electrons. The molecule has 0 aromatic heterocycles. The Morgan fingerprint density at radius 3 is 2.40 bits per heavy atom. The summed E-state index contributed by atoms with van der Waals surface area (Å²) < 4.78 is 26.2. The minimum atomic E-state index is -3.62. The molecule has 1 unspecified atom stereocenters. The summed E-state index contributed by atoms with van der Waals surface area (Å²) in [7, 11) is -3.62. The largest absolute Gasteiger partial charge is 0.369 e. The van der Waals surface area contributed by atoms with Gasteiger partial charge in [0.15, 0.2) is 9.84 Å². The molecule has 1 aliphatic carbocycles. The lowest BCUT2D eigenvalue weighted by Gasteiger charge is -2.30. The number of thioether (sulfide) groups is 1. The fourth-order valence-corrected chi connectivity index (χ4v) is 7.16. The number of nitrogens with zero attached hydrogens (tertiary/aromatic N) is 1. The number of hydrogen-bond acceptors (Lipinski definition) is 6. The van der Waals surface area contributed by atoms with Gasteiger partial charge in [0.1, 0.15) is 6.54 Å². The molecule has 2 amide bonds. The topological polar surface area (TPSA) is 130 Å². The van der Waals surface area contributed by atoms with Crippen molar-refractivity contribution in [2.24, 2.45) is 17.6 Å². The van der Waals surface area contributed by atoms with E-state index in [4.69, 9.17) is 22.6 Å². The smallest absolute Gasteiger partial charge is 0.231 e. The van der Waals surface area contributed by atoms with Gasteiger partial charge in [0.05, 0.1) is 22.0 Å². The van der Waals surface area contributed by atoms with Crippen LogP contribution in [0.3, 0.4) is 0 Å². The number of halogens is 1. The lowest BCUT2D eigenvalue weighted by atomic mass is 9.80. The number of sulfone groups is 1. The highest BCUT2D eigenvalue weighted by Crippen LogP contribution is 2.33. The van der Waals surface area contributed by atoms with E-state index in [2.05, 4.69) is 5.32 Å². The monoisotopic (exact) mass is 533 g/mol. The minimum absolute atomic E-state index is 0.0851. The summed E-state index contributed by atoms with van der Waals surface area (Å²) in [5.41, 5.74) is 6.52. The molecule has 1 aliphatic rings. The predicted octanol–water partition coefficient (Wildman–Crippen LogP) is 3.75. The lowest BCUT2D eigenvalue weighted by Crippen LogP contribution is -2.39. The Hall–Kier alpha value is -2.54. The second kappa shape index (κ2) is 12.4. The van der Waals surface area contributed by atoms with Crippen LogP contribution in [-0.2, 0) is 25.8 Å². The third-order valence-electron chi connectivity index (χ3n) is 6.13. The molecule has 7 nitrogen and oxygen atoms in total. The van der Waals surface area contributed by atoms with Gasteiger partial charge in [-0.3, -0.25) is 9.59 Å². The van der Waals surface area contributed by atoms with E-state index in [-0.39, 0.29) is 29.0 Å². The van der Waals surface area contributed by atoms with E-state index in [0.717, 1.165) is 23.3 Å². The summed E-state index contributed by atoms with van der Waals surface area (Å²) in [6.45, 7) is -0.0851. The van der Waals surface area contributed by atoms with Crippen molar-refractivity contribution >= 4 is 45.0 Å². The molecular formula is C25H28ClN3O4S2. The molecule has 0 bridgehead atoms. The molecule has 3 N–H and O–H groups in total. The van der Waals surface area contributed by atoms with Crippen LogP contribution in [0.2, 0.25) is 5.02 Å². The minimum Gasteiger partial charge on any atom is -0.369 e. The fraction of sp³-hybridized carbons (Fsp3) is 0.400. The van der Waals surface area contributed by atoms with Gasteiger partial charge >= 0.3 is 0 Å². The van der Waals surface area contributed by atoms with Crippen LogP contribution in [0, 0.1) is 23.2 Å². The van der Waals surface area contributed by atoms with Gasteiger partial charge in [0.2, 0.25) is 11.8 Å². The third-order valence-corrected chi connectivity index (χ3v) is 9.47. The zero-order valence-electron chi connectivity index (χ0n) is 19.2. The van der Waals surface area contributed by atoms with Crippen molar-refractivity contribution in [3.8, 4) is 6.07 Å². The van der Waals surface area contributed by atoms with E-state index in [1.54, 1.807) is 24.3 Å². The Balaban J connectivity index is 1.68. The summed E-state index contributed by atoms with van der Waals surface area (Å²) in [5.74, 6) is -1.54. The van der Waals surface area contributed by atoms with Crippen molar-refractivity contribution in [1.29, 1.82) is 5.26 Å². The molecule has 2 aromatic rings. The average Bonchev–Trinajstić information content (AvgIpc) is 2.84. The SMILES string of the molecule is N#CCNC(=O)[C@H]1CCCC[C@@H]1CS(=O)(=O)c1ccc(SC(Cc2ccc(Cl)cc2)C(N)=O)cc1. The van der Waals surface area contributed by atoms with Gasteiger partial charge in [0.25, 0.3) is 0 Å². The Kier molecular flexibility index (Phi) is 9.61. The molecule has 0 spiro atoms. The molecule has 0 heterocycles. The van der Waals surface area contributed by atoms with Crippen LogP contribution in [0.15, 0.2) is 58.3 Å². The number of hydrogen-bond donors (Lipinski definition) is 2. The van der Waals surface area contributed by atoms with Crippen LogP contribution in [0.1, 0.15) is 31.2 Å². The zero-order valence-corrected chi connectivity index (χ0v) is 21.5. The highest BCUT2D eigenvalue weighted by atomic mass is 35.5. The molecule has 3 atom stereocenters. The summed E-state index contributed by atoms with van der Waals surface area (Å²) in [6, 6.07) is 15.5. The van der Waals surface area contributed by atoms with E-state index >= 15 is 0 Å². The van der Waals surface area contributed by atoms with Crippen molar-refractivity contribution < 1.29 is 18.0 Å². The second-order valence-corrected chi connectivity index (χ2v) is 12.4. The van der Waals surface area contributed by atoms with Crippen molar-refractivity contribution in [1.82, 2.24) is 5.32 Å². The molecule has 186 valence electrons. The number of benzene rings is 2. The van der Waals surface area contributed by atoms with E-state index < -0.39 is 26.9 Å². The van der Waals surface area contributed by atoms with E-state index in [9.17, 15) is 18.0 Å². The van der Waals surface area contributed by atoms with Crippen molar-refractivity contribution in [3.05, 3.63) is 59.1 Å². The number of amides is 2. The van der Waals surface area contributed by atoms with Crippen LogP contribution in [0.25, 0.3) is 0 Å². The summed E-state index contributed by atoms with van der Waals surface area (Å²) in [5, 5.41) is 11.4. The molecule has 0 aliphatic heterocycles. The first-order chi connectivity index (χ1) is 16.7. The molecule has 0 saturated heterocycles. The maximum atomic E-state index is 13.1. The second-order valence-electron chi connectivity index (χ2n) is 8.62. The van der Waals surface area contributed by atoms with Crippen molar-refractivity contribution in [3.63, 3.8) is 0 Å². The van der Waals surface area contributed by atoms with Crippen LogP contribution < -0.4 is 11.1 Å². The summed E-state index contributed by atoms with van der Waals surface area (Å²) in [4.78, 5) is 25.3. The molecule has 1 saturated carbocycles. The van der Waals surface area contributed by atoms with Crippen molar-refractivity contribution in [2.75, 3.05) is 12.3 Å². The molecule has 10 heteroatoms. The maximum absolute atomic E-state index is 13.1. The number of carbonyl (C=O) groups excluding carboxylic acids is 2. The first-order valence-corrected chi connectivity index (χ1v) is 14.3. The van der Waals surface area contributed by atoms with E-state index in [1.165, 1.54) is 23.9 Å². The number of rotatable bonds is 10. The van der Waals surface area contributed by atoms with Gasteiger partial charge in [0, 0.05) is 15.8 Å². The van der Waals surface area contributed by atoms with Gasteiger partial charge in [-0.2, -0.15) is 5.26 Å². The first kappa shape index (κ1) is 27.1. The summed E-state index contributed by atoms with van der Waals surface area (Å²) >= 11 is 7.20. The van der Waals surface area contributed by atoms with Gasteiger partial charge in [-0.1, -0.05) is 36.6 Å². The molecule has 35 heavy (non-hydrogen) atoms. The van der Waals surface area contributed by atoms with Crippen LogP contribution in [-0.4, -0.2) is 37.8 Å². The maximum Gasteiger partial charge on any atom is 0.231 e. The number of nitriles is 1. The average molecular weight is 534 g/mol.